The minimum absolute atomic E-state index is 0.0360. The summed E-state index contributed by atoms with van der Waals surface area (Å²) in [6.45, 7) is 4.07. The van der Waals surface area contributed by atoms with Gasteiger partial charge in [0.25, 0.3) is 5.91 Å². The van der Waals surface area contributed by atoms with E-state index in [4.69, 9.17) is 17.0 Å². The number of hydrogen-bond acceptors (Lipinski definition) is 4. The summed E-state index contributed by atoms with van der Waals surface area (Å²) in [7, 11) is 0. The fraction of sp³-hybridized carbons (Fsp3) is 0.238. The first-order valence-corrected chi connectivity index (χ1v) is 9.87. The Morgan fingerprint density at radius 3 is 2.81 bits per heavy atom. The van der Waals surface area contributed by atoms with Crippen molar-refractivity contribution in [2.24, 2.45) is 0 Å². The van der Waals surface area contributed by atoms with Gasteiger partial charge in [-0.1, -0.05) is 66.4 Å². The lowest BCUT2D eigenvalue weighted by Gasteiger charge is -2.23. The molecule has 2 aliphatic rings. The van der Waals surface area contributed by atoms with Crippen molar-refractivity contribution in [2.75, 3.05) is 0 Å². The molecule has 4 rings (SSSR count). The third-order valence-electron chi connectivity index (χ3n) is 4.72. The summed E-state index contributed by atoms with van der Waals surface area (Å²) in [6, 6.07) is 16.0. The van der Waals surface area contributed by atoms with Crippen LogP contribution >= 0.6 is 24.0 Å². The third kappa shape index (κ3) is 3.17. The molecule has 2 aliphatic heterocycles. The van der Waals surface area contributed by atoms with Gasteiger partial charge in [0.2, 0.25) is 0 Å². The van der Waals surface area contributed by atoms with E-state index >= 15 is 0 Å². The Morgan fingerprint density at radius 1 is 1.27 bits per heavy atom. The van der Waals surface area contributed by atoms with Crippen LogP contribution in [0.5, 0.6) is 5.75 Å². The Kier molecular flexibility index (Phi) is 4.59. The molecule has 132 valence electrons. The van der Waals surface area contributed by atoms with Gasteiger partial charge in [-0.15, -0.1) is 0 Å². The summed E-state index contributed by atoms with van der Waals surface area (Å²) in [5.74, 6) is 0.880. The lowest BCUT2D eigenvalue weighted by molar-refractivity contribution is -0.123. The molecule has 0 spiro atoms. The fourth-order valence-corrected chi connectivity index (χ4v) is 4.77. The normalized spacial score (nSPS) is 21.8. The first-order chi connectivity index (χ1) is 12.5. The number of benzene rings is 2. The molecule has 26 heavy (non-hydrogen) atoms. The second-order valence-corrected chi connectivity index (χ2v) is 8.31. The topological polar surface area (TPSA) is 29.5 Å². The summed E-state index contributed by atoms with van der Waals surface area (Å²) in [4.78, 5) is 15.3. The van der Waals surface area contributed by atoms with Crippen LogP contribution in [0.4, 0.5) is 0 Å². The van der Waals surface area contributed by atoms with Gasteiger partial charge in [-0.2, -0.15) is 0 Å². The number of nitrogens with zero attached hydrogens (tertiary/aromatic N) is 1. The molecule has 2 aromatic carbocycles. The Balaban J connectivity index is 1.59. The van der Waals surface area contributed by atoms with Crippen molar-refractivity contribution in [3.05, 3.63) is 70.1 Å². The van der Waals surface area contributed by atoms with Gasteiger partial charge >= 0.3 is 0 Å². The van der Waals surface area contributed by atoms with Crippen LogP contribution in [0.2, 0.25) is 0 Å². The van der Waals surface area contributed by atoms with Gasteiger partial charge in [0.05, 0.1) is 10.9 Å². The predicted molar refractivity (Wildman–Crippen MR) is 110 cm³/mol. The summed E-state index contributed by atoms with van der Waals surface area (Å²) < 4.78 is 6.42. The highest BCUT2D eigenvalue weighted by atomic mass is 32.2. The number of amides is 1. The molecule has 1 amide bonds. The van der Waals surface area contributed by atoms with E-state index in [0.29, 0.717) is 9.23 Å². The van der Waals surface area contributed by atoms with E-state index in [9.17, 15) is 4.79 Å². The number of carbonyl (C=O) groups is 1. The molecule has 1 saturated heterocycles. The van der Waals surface area contributed by atoms with Gasteiger partial charge in [0.15, 0.2) is 0 Å². The van der Waals surface area contributed by atoms with Crippen molar-refractivity contribution in [1.82, 2.24) is 4.90 Å². The molecule has 0 bridgehead atoms. The second kappa shape index (κ2) is 6.89. The van der Waals surface area contributed by atoms with Crippen LogP contribution in [0.25, 0.3) is 6.08 Å². The molecule has 3 nitrogen and oxygen atoms in total. The van der Waals surface area contributed by atoms with E-state index in [1.165, 1.54) is 17.3 Å². The molecule has 2 atom stereocenters. The number of rotatable bonds is 3. The van der Waals surface area contributed by atoms with Crippen molar-refractivity contribution in [3.63, 3.8) is 0 Å². The van der Waals surface area contributed by atoms with Crippen molar-refractivity contribution < 1.29 is 9.53 Å². The average molecular weight is 382 g/mol. The fourth-order valence-electron chi connectivity index (χ4n) is 3.35. The van der Waals surface area contributed by atoms with E-state index in [0.717, 1.165) is 23.3 Å². The summed E-state index contributed by atoms with van der Waals surface area (Å²) in [5.41, 5.74) is 3.26. The number of ether oxygens (including phenoxy) is 1. The van der Waals surface area contributed by atoms with E-state index in [1.807, 2.05) is 55.5 Å². The zero-order valence-electron chi connectivity index (χ0n) is 14.6. The van der Waals surface area contributed by atoms with Crippen molar-refractivity contribution in [3.8, 4) is 5.75 Å². The van der Waals surface area contributed by atoms with Gasteiger partial charge in [-0.25, -0.2) is 0 Å². The first kappa shape index (κ1) is 17.3. The van der Waals surface area contributed by atoms with Gasteiger partial charge in [-0.05, 0) is 42.7 Å². The molecule has 0 aliphatic carbocycles. The lowest BCUT2D eigenvalue weighted by Crippen LogP contribution is -2.30. The SMILES string of the molecule is CC1Cc2ccc(/C=C3\SC(=S)N(C(C)c4ccccc4)C3=O)cc2O1. The lowest BCUT2D eigenvalue weighted by atomic mass is 10.1. The molecule has 1 fully saturated rings. The molecule has 2 heterocycles. The maximum absolute atomic E-state index is 12.9. The minimum atomic E-state index is -0.0844. The average Bonchev–Trinajstić information content (AvgIpc) is 3.13. The van der Waals surface area contributed by atoms with E-state index < -0.39 is 0 Å². The molecule has 0 radical (unpaired) electrons. The third-order valence-corrected chi connectivity index (χ3v) is 6.05. The highest BCUT2D eigenvalue weighted by Crippen LogP contribution is 2.38. The van der Waals surface area contributed by atoms with Crippen LogP contribution in [-0.4, -0.2) is 21.2 Å². The molecular weight excluding hydrogens is 362 g/mol. The van der Waals surface area contributed by atoms with E-state index in [-0.39, 0.29) is 18.1 Å². The molecule has 0 saturated carbocycles. The Hall–Kier alpha value is -2.11. The highest BCUT2D eigenvalue weighted by Gasteiger charge is 2.36. The monoisotopic (exact) mass is 381 g/mol. The number of hydrogen-bond donors (Lipinski definition) is 0. The van der Waals surface area contributed by atoms with Gasteiger partial charge < -0.3 is 4.74 Å². The van der Waals surface area contributed by atoms with Crippen molar-refractivity contribution >= 4 is 40.3 Å². The maximum atomic E-state index is 12.9. The molecule has 0 aromatic heterocycles. The molecule has 2 aromatic rings. The molecule has 0 N–H and O–H groups in total. The Morgan fingerprint density at radius 2 is 2.04 bits per heavy atom. The van der Waals surface area contributed by atoms with Gasteiger partial charge in [-0.3, -0.25) is 9.69 Å². The molecular formula is C21H19NO2S2. The largest absolute Gasteiger partial charge is 0.490 e. The van der Waals surface area contributed by atoms with E-state index in [2.05, 4.69) is 13.0 Å². The van der Waals surface area contributed by atoms with E-state index in [1.54, 1.807) is 4.90 Å². The quantitative estimate of drug-likeness (QED) is 0.554. The number of fused-ring (bicyclic) bond motifs is 1. The summed E-state index contributed by atoms with van der Waals surface area (Å²) in [5, 5.41) is 0. The van der Waals surface area contributed by atoms with Crippen molar-refractivity contribution in [1.29, 1.82) is 0 Å². The second-order valence-electron chi connectivity index (χ2n) is 6.64. The number of carbonyl (C=O) groups excluding carboxylic acids is 1. The van der Waals surface area contributed by atoms with Gasteiger partial charge in [0, 0.05) is 6.42 Å². The Bertz CT molecular complexity index is 907. The molecule has 2 unspecified atom stereocenters. The summed E-state index contributed by atoms with van der Waals surface area (Å²) in [6.07, 6.45) is 3.06. The number of thioether (sulfide) groups is 1. The minimum Gasteiger partial charge on any atom is -0.490 e. The predicted octanol–water partition coefficient (Wildman–Crippen LogP) is 4.97. The smallest absolute Gasteiger partial charge is 0.266 e. The number of thiocarbonyl (C=S) groups is 1. The standard InChI is InChI=1S/C21H19NO2S2/c1-13-10-17-9-8-15(11-18(17)24-13)12-19-20(23)22(21(25)26-19)14(2)16-6-4-3-5-7-16/h3-9,11-14H,10H2,1-2H3/b19-12-. The highest BCUT2D eigenvalue weighted by molar-refractivity contribution is 8.26. The van der Waals surface area contributed by atoms with Crippen LogP contribution in [0.1, 0.15) is 36.6 Å². The molecule has 5 heteroatoms. The summed E-state index contributed by atoms with van der Waals surface area (Å²) >= 11 is 6.85. The van der Waals surface area contributed by atoms with Crippen LogP contribution in [-0.2, 0) is 11.2 Å². The van der Waals surface area contributed by atoms with Gasteiger partial charge in [0.1, 0.15) is 16.2 Å². The van der Waals surface area contributed by atoms with Crippen molar-refractivity contribution in [2.45, 2.75) is 32.4 Å². The Labute approximate surface area is 163 Å². The van der Waals surface area contributed by atoms with Crippen LogP contribution in [0.3, 0.4) is 0 Å². The maximum Gasteiger partial charge on any atom is 0.266 e. The zero-order valence-corrected chi connectivity index (χ0v) is 16.3. The van der Waals surface area contributed by atoms with Crippen LogP contribution < -0.4 is 4.74 Å². The first-order valence-electron chi connectivity index (χ1n) is 8.64. The van der Waals surface area contributed by atoms with Crippen LogP contribution in [0.15, 0.2) is 53.4 Å². The zero-order chi connectivity index (χ0) is 18.3. The van der Waals surface area contributed by atoms with Crippen LogP contribution in [0, 0.1) is 0 Å².